The molecule has 118 valence electrons. The van der Waals surface area contributed by atoms with Crippen LogP contribution >= 0.6 is 0 Å². The highest BCUT2D eigenvalue weighted by molar-refractivity contribution is 5.14. The first-order chi connectivity index (χ1) is 10.3. The van der Waals surface area contributed by atoms with E-state index in [9.17, 15) is 0 Å². The van der Waals surface area contributed by atoms with Crippen molar-refractivity contribution in [3.05, 3.63) is 35.9 Å². The minimum atomic E-state index is 0.747. The van der Waals surface area contributed by atoms with Crippen LogP contribution in [0.1, 0.15) is 25.8 Å². The van der Waals surface area contributed by atoms with Gasteiger partial charge < -0.3 is 10.2 Å². The van der Waals surface area contributed by atoms with Crippen molar-refractivity contribution < 1.29 is 0 Å². The summed E-state index contributed by atoms with van der Waals surface area (Å²) in [5.41, 5.74) is 1.43. The highest BCUT2D eigenvalue weighted by Gasteiger charge is 2.18. The Kier molecular flexibility index (Phi) is 7.20. The largest absolute Gasteiger partial charge is 0.316 e. The predicted molar refractivity (Wildman–Crippen MR) is 90.5 cm³/mol. The average molecular weight is 289 g/mol. The number of piperazine rings is 1. The molecule has 0 bridgehead atoms. The van der Waals surface area contributed by atoms with E-state index in [0.717, 1.165) is 25.6 Å². The van der Waals surface area contributed by atoms with Gasteiger partial charge in [0.2, 0.25) is 0 Å². The Labute approximate surface area is 130 Å². The summed E-state index contributed by atoms with van der Waals surface area (Å²) >= 11 is 0. The van der Waals surface area contributed by atoms with Gasteiger partial charge in [0.25, 0.3) is 0 Å². The van der Waals surface area contributed by atoms with E-state index in [-0.39, 0.29) is 0 Å². The highest BCUT2D eigenvalue weighted by atomic mass is 15.3. The summed E-state index contributed by atoms with van der Waals surface area (Å²) in [7, 11) is 0. The van der Waals surface area contributed by atoms with Crippen molar-refractivity contribution in [2.75, 3.05) is 45.8 Å². The number of hydrogen-bond acceptors (Lipinski definition) is 3. The fraction of sp³-hybridized carbons (Fsp3) is 0.667. The summed E-state index contributed by atoms with van der Waals surface area (Å²) < 4.78 is 0. The van der Waals surface area contributed by atoms with Gasteiger partial charge in [-0.25, -0.2) is 0 Å². The predicted octanol–water partition coefficient (Wildman–Crippen LogP) is 2.44. The third kappa shape index (κ3) is 6.16. The van der Waals surface area contributed by atoms with Crippen molar-refractivity contribution in [2.24, 2.45) is 5.92 Å². The first-order valence-corrected chi connectivity index (χ1v) is 8.47. The molecule has 1 unspecified atom stereocenters. The van der Waals surface area contributed by atoms with Gasteiger partial charge >= 0.3 is 0 Å². The van der Waals surface area contributed by atoms with E-state index in [0.29, 0.717) is 0 Å². The van der Waals surface area contributed by atoms with Crippen molar-refractivity contribution in [3.63, 3.8) is 0 Å². The van der Waals surface area contributed by atoms with Gasteiger partial charge in [-0.2, -0.15) is 0 Å². The molecule has 0 saturated carbocycles. The van der Waals surface area contributed by atoms with Crippen molar-refractivity contribution >= 4 is 0 Å². The molecule has 0 aromatic heterocycles. The van der Waals surface area contributed by atoms with Crippen LogP contribution in [-0.2, 0) is 6.54 Å². The van der Waals surface area contributed by atoms with Crippen LogP contribution < -0.4 is 5.32 Å². The Morgan fingerprint density at radius 3 is 2.38 bits per heavy atom. The summed E-state index contributed by atoms with van der Waals surface area (Å²) in [6, 6.07) is 10.8. The molecule has 1 heterocycles. The van der Waals surface area contributed by atoms with Crippen molar-refractivity contribution in [1.82, 2.24) is 15.1 Å². The molecule has 1 aromatic rings. The summed E-state index contributed by atoms with van der Waals surface area (Å²) in [5.74, 6) is 0.747. The number of rotatable bonds is 8. The van der Waals surface area contributed by atoms with E-state index < -0.39 is 0 Å². The first kappa shape index (κ1) is 16.5. The molecule has 1 aromatic carbocycles. The molecule has 0 aliphatic carbocycles. The minimum absolute atomic E-state index is 0.747. The topological polar surface area (TPSA) is 18.5 Å². The van der Waals surface area contributed by atoms with Crippen molar-refractivity contribution in [2.45, 2.75) is 26.8 Å². The van der Waals surface area contributed by atoms with E-state index in [1.54, 1.807) is 0 Å². The molecule has 0 amide bonds. The maximum Gasteiger partial charge on any atom is 0.0234 e. The lowest BCUT2D eigenvalue weighted by molar-refractivity contribution is 0.115. The van der Waals surface area contributed by atoms with Crippen LogP contribution in [0, 0.1) is 5.92 Å². The molecule has 0 radical (unpaired) electrons. The second kappa shape index (κ2) is 9.19. The van der Waals surface area contributed by atoms with Crippen molar-refractivity contribution in [1.29, 1.82) is 0 Å². The molecule has 2 rings (SSSR count). The Morgan fingerprint density at radius 2 is 1.71 bits per heavy atom. The summed E-state index contributed by atoms with van der Waals surface area (Å²) in [6.07, 6.45) is 1.23. The number of nitrogens with zero attached hydrogens (tertiary/aromatic N) is 2. The Balaban J connectivity index is 1.64. The summed E-state index contributed by atoms with van der Waals surface area (Å²) in [5, 5.41) is 3.53. The van der Waals surface area contributed by atoms with E-state index in [4.69, 9.17) is 0 Å². The number of hydrogen-bond donors (Lipinski definition) is 1. The van der Waals surface area contributed by atoms with Crippen LogP contribution in [0.15, 0.2) is 30.3 Å². The summed E-state index contributed by atoms with van der Waals surface area (Å²) in [6.45, 7) is 14.0. The van der Waals surface area contributed by atoms with Crippen molar-refractivity contribution in [3.8, 4) is 0 Å². The quantitative estimate of drug-likeness (QED) is 0.742. The molecular weight excluding hydrogens is 258 g/mol. The Bertz CT molecular complexity index is 371. The van der Waals surface area contributed by atoms with E-state index in [2.05, 4.69) is 59.3 Å². The van der Waals surface area contributed by atoms with E-state index in [1.165, 1.54) is 44.7 Å². The van der Waals surface area contributed by atoms with Gasteiger partial charge in [0.1, 0.15) is 0 Å². The van der Waals surface area contributed by atoms with Gasteiger partial charge in [-0.1, -0.05) is 44.2 Å². The lowest BCUT2D eigenvalue weighted by Gasteiger charge is -2.36. The van der Waals surface area contributed by atoms with Gasteiger partial charge in [-0.15, -0.1) is 0 Å². The summed E-state index contributed by atoms with van der Waals surface area (Å²) in [4.78, 5) is 5.20. The lowest BCUT2D eigenvalue weighted by atomic mass is 10.1. The van der Waals surface area contributed by atoms with Gasteiger partial charge in [0.05, 0.1) is 0 Å². The monoisotopic (exact) mass is 289 g/mol. The zero-order valence-corrected chi connectivity index (χ0v) is 13.7. The average Bonchev–Trinajstić information content (AvgIpc) is 2.51. The van der Waals surface area contributed by atoms with Crippen LogP contribution in [0.4, 0.5) is 0 Å². The number of nitrogens with one attached hydrogen (secondary N) is 1. The zero-order chi connectivity index (χ0) is 14.9. The maximum absolute atomic E-state index is 3.53. The normalized spacial score (nSPS) is 18.8. The number of benzene rings is 1. The van der Waals surface area contributed by atoms with E-state index in [1.807, 2.05) is 0 Å². The second-order valence-electron chi connectivity index (χ2n) is 6.37. The SMILES string of the molecule is CCCNCC(C)CN1CCN(Cc2ccccc2)CC1. The Hall–Kier alpha value is -0.900. The third-order valence-corrected chi connectivity index (χ3v) is 4.20. The molecule has 1 N–H and O–H groups in total. The van der Waals surface area contributed by atoms with Crippen LogP contribution in [0.3, 0.4) is 0 Å². The molecule has 1 aliphatic heterocycles. The van der Waals surface area contributed by atoms with E-state index >= 15 is 0 Å². The molecule has 21 heavy (non-hydrogen) atoms. The maximum atomic E-state index is 3.53. The molecule has 1 saturated heterocycles. The lowest BCUT2D eigenvalue weighted by Crippen LogP contribution is -2.47. The third-order valence-electron chi connectivity index (χ3n) is 4.20. The molecular formula is C18H31N3. The smallest absolute Gasteiger partial charge is 0.0234 e. The van der Waals surface area contributed by atoms with Crippen LogP contribution in [-0.4, -0.2) is 55.6 Å². The second-order valence-corrected chi connectivity index (χ2v) is 6.37. The van der Waals surface area contributed by atoms with Gasteiger partial charge in [-0.05, 0) is 31.0 Å². The minimum Gasteiger partial charge on any atom is -0.316 e. The van der Waals surface area contributed by atoms with Gasteiger partial charge in [-0.3, -0.25) is 4.90 Å². The molecule has 0 spiro atoms. The Morgan fingerprint density at radius 1 is 1.05 bits per heavy atom. The van der Waals surface area contributed by atoms with Gasteiger partial charge in [0.15, 0.2) is 0 Å². The van der Waals surface area contributed by atoms with Crippen LogP contribution in [0.2, 0.25) is 0 Å². The first-order valence-electron chi connectivity index (χ1n) is 8.47. The standard InChI is InChI=1S/C18H31N3/c1-3-9-19-14-17(2)15-20-10-12-21(13-11-20)16-18-7-5-4-6-8-18/h4-8,17,19H,3,9-16H2,1-2H3. The molecule has 1 fully saturated rings. The fourth-order valence-electron chi connectivity index (χ4n) is 3.00. The van der Waals surface area contributed by atoms with Crippen LogP contribution in [0.25, 0.3) is 0 Å². The molecule has 1 atom stereocenters. The fourth-order valence-corrected chi connectivity index (χ4v) is 3.00. The molecule has 3 nitrogen and oxygen atoms in total. The zero-order valence-electron chi connectivity index (χ0n) is 13.7. The van der Waals surface area contributed by atoms with Gasteiger partial charge in [0, 0.05) is 39.3 Å². The molecule has 3 heteroatoms. The van der Waals surface area contributed by atoms with Crippen LogP contribution in [0.5, 0.6) is 0 Å². The highest BCUT2D eigenvalue weighted by Crippen LogP contribution is 2.09. The molecule has 1 aliphatic rings.